The molecular formula is C16H23N3O. The van der Waals surface area contributed by atoms with E-state index in [0.717, 1.165) is 24.4 Å². The first kappa shape index (κ1) is 14.6. The third kappa shape index (κ3) is 3.84. The van der Waals surface area contributed by atoms with Crippen LogP contribution in [-0.4, -0.2) is 29.5 Å². The predicted octanol–water partition coefficient (Wildman–Crippen LogP) is 2.42. The van der Waals surface area contributed by atoms with Crippen molar-refractivity contribution in [2.75, 3.05) is 13.7 Å². The molecule has 0 saturated heterocycles. The van der Waals surface area contributed by atoms with Gasteiger partial charge in [-0.05, 0) is 39.1 Å². The molecule has 20 heavy (non-hydrogen) atoms. The van der Waals surface area contributed by atoms with Crippen molar-refractivity contribution >= 4 is 0 Å². The molecule has 0 radical (unpaired) electrons. The van der Waals surface area contributed by atoms with Gasteiger partial charge in [0.05, 0.1) is 5.69 Å². The van der Waals surface area contributed by atoms with Gasteiger partial charge in [-0.2, -0.15) is 5.10 Å². The summed E-state index contributed by atoms with van der Waals surface area (Å²) in [5, 5.41) is 7.80. The van der Waals surface area contributed by atoms with Gasteiger partial charge in [0.25, 0.3) is 0 Å². The Morgan fingerprint density at radius 2 is 2.05 bits per heavy atom. The van der Waals surface area contributed by atoms with Gasteiger partial charge >= 0.3 is 0 Å². The standard InChI is InChI=1S/C16H23N3O/c1-4-19-15(10-13(2)18-19)11-14(17-3)12-20-16-8-6-5-7-9-16/h5-10,14,17H,4,11-12H2,1-3H3. The molecule has 4 nitrogen and oxygen atoms in total. The number of aryl methyl sites for hydroxylation is 2. The number of benzene rings is 1. The maximum absolute atomic E-state index is 5.82. The number of hydrogen-bond acceptors (Lipinski definition) is 3. The van der Waals surface area contributed by atoms with Crippen molar-refractivity contribution in [2.45, 2.75) is 32.9 Å². The number of nitrogens with zero attached hydrogens (tertiary/aromatic N) is 2. The molecule has 0 spiro atoms. The highest BCUT2D eigenvalue weighted by molar-refractivity contribution is 5.21. The fraction of sp³-hybridized carbons (Fsp3) is 0.438. The van der Waals surface area contributed by atoms with Crippen LogP contribution in [0.3, 0.4) is 0 Å². The van der Waals surface area contributed by atoms with Gasteiger partial charge in [0, 0.05) is 24.7 Å². The van der Waals surface area contributed by atoms with Crippen molar-refractivity contribution in [3.05, 3.63) is 47.8 Å². The first-order valence-electron chi connectivity index (χ1n) is 7.11. The quantitative estimate of drug-likeness (QED) is 0.842. The molecular weight excluding hydrogens is 250 g/mol. The van der Waals surface area contributed by atoms with Crippen LogP contribution in [0.4, 0.5) is 0 Å². The van der Waals surface area contributed by atoms with Gasteiger partial charge in [-0.15, -0.1) is 0 Å². The summed E-state index contributed by atoms with van der Waals surface area (Å²) in [4.78, 5) is 0. The molecule has 0 aliphatic carbocycles. The van der Waals surface area contributed by atoms with E-state index in [4.69, 9.17) is 4.74 Å². The van der Waals surface area contributed by atoms with E-state index in [1.807, 2.05) is 44.3 Å². The van der Waals surface area contributed by atoms with Gasteiger partial charge in [-0.3, -0.25) is 4.68 Å². The van der Waals surface area contributed by atoms with Crippen molar-refractivity contribution < 1.29 is 4.74 Å². The van der Waals surface area contributed by atoms with Crippen molar-refractivity contribution in [1.29, 1.82) is 0 Å². The van der Waals surface area contributed by atoms with Crippen LogP contribution in [0.1, 0.15) is 18.3 Å². The molecule has 0 aliphatic heterocycles. The van der Waals surface area contributed by atoms with Crippen LogP contribution in [-0.2, 0) is 13.0 Å². The molecule has 4 heteroatoms. The van der Waals surface area contributed by atoms with Crippen LogP contribution in [0.15, 0.2) is 36.4 Å². The van der Waals surface area contributed by atoms with Crippen molar-refractivity contribution in [3.8, 4) is 5.75 Å². The second kappa shape index (κ2) is 7.10. The number of aromatic nitrogens is 2. The lowest BCUT2D eigenvalue weighted by Crippen LogP contribution is -2.34. The molecule has 0 saturated carbocycles. The zero-order chi connectivity index (χ0) is 14.4. The highest BCUT2D eigenvalue weighted by atomic mass is 16.5. The lowest BCUT2D eigenvalue weighted by Gasteiger charge is -2.17. The molecule has 2 aromatic rings. The summed E-state index contributed by atoms with van der Waals surface area (Å²) in [7, 11) is 1.97. The van der Waals surface area contributed by atoms with Crippen LogP contribution in [0.2, 0.25) is 0 Å². The Labute approximate surface area is 120 Å². The van der Waals surface area contributed by atoms with E-state index in [1.54, 1.807) is 0 Å². The minimum Gasteiger partial charge on any atom is -0.492 e. The minimum absolute atomic E-state index is 0.275. The lowest BCUT2D eigenvalue weighted by molar-refractivity contribution is 0.267. The van der Waals surface area contributed by atoms with E-state index in [2.05, 4.69) is 28.1 Å². The lowest BCUT2D eigenvalue weighted by atomic mass is 10.1. The van der Waals surface area contributed by atoms with Gasteiger partial charge in [-0.1, -0.05) is 18.2 Å². The van der Waals surface area contributed by atoms with E-state index < -0.39 is 0 Å². The predicted molar refractivity (Wildman–Crippen MR) is 81.1 cm³/mol. The Bertz CT molecular complexity index is 522. The molecule has 1 unspecified atom stereocenters. The fourth-order valence-corrected chi connectivity index (χ4v) is 2.25. The average Bonchev–Trinajstić information content (AvgIpc) is 2.84. The molecule has 2 rings (SSSR count). The SMILES string of the molecule is CCn1nc(C)cc1CC(COc1ccccc1)NC. The Kier molecular flexibility index (Phi) is 5.18. The monoisotopic (exact) mass is 273 g/mol. The van der Waals surface area contributed by atoms with Gasteiger partial charge in [0.15, 0.2) is 0 Å². The van der Waals surface area contributed by atoms with Gasteiger partial charge in [0.1, 0.15) is 12.4 Å². The van der Waals surface area contributed by atoms with Crippen molar-refractivity contribution in [3.63, 3.8) is 0 Å². The molecule has 0 amide bonds. The van der Waals surface area contributed by atoms with Crippen LogP contribution < -0.4 is 10.1 Å². The summed E-state index contributed by atoms with van der Waals surface area (Å²) in [5.41, 5.74) is 2.32. The number of likely N-dealkylation sites (N-methyl/N-ethyl adjacent to an activating group) is 1. The highest BCUT2D eigenvalue weighted by Gasteiger charge is 2.12. The van der Waals surface area contributed by atoms with E-state index in [1.165, 1.54) is 5.69 Å². The summed E-state index contributed by atoms with van der Waals surface area (Å²) >= 11 is 0. The van der Waals surface area contributed by atoms with Gasteiger partial charge < -0.3 is 10.1 Å². The topological polar surface area (TPSA) is 39.1 Å². The molecule has 0 aliphatic rings. The van der Waals surface area contributed by atoms with Crippen LogP contribution >= 0.6 is 0 Å². The second-order valence-electron chi connectivity index (χ2n) is 4.91. The van der Waals surface area contributed by atoms with Crippen LogP contribution in [0.25, 0.3) is 0 Å². The average molecular weight is 273 g/mol. The first-order valence-corrected chi connectivity index (χ1v) is 7.11. The Hall–Kier alpha value is -1.81. The summed E-state index contributed by atoms with van der Waals surface area (Å²) in [6.07, 6.45) is 0.915. The summed E-state index contributed by atoms with van der Waals surface area (Å²) in [6, 6.07) is 12.3. The van der Waals surface area contributed by atoms with E-state index in [-0.39, 0.29) is 6.04 Å². The van der Waals surface area contributed by atoms with E-state index >= 15 is 0 Å². The van der Waals surface area contributed by atoms with Crippen molar-refractivity contribution in [1.82, 2.24) is 15.1 Å². The van der Waals surface area contributed by atoms with Gasteiger partial charge in [0.2, 0.25) is 0 Å². The highest BCUT2D eigenvalue weighted by Crippen LogP contribution is 2.11. The van der Waals surface area contributed by atoms with Crippen molar-refractivity contribution in [2.24, 2.45) is 0 Å². The summed E-state index contributed by atoms with van der Waals surface area (Å²) in [6.45, 7) is 5.70. The van der Waals surface area contributed by atoms with Gasteiger partial charge in [-0.25, -0.2) is 0 Å². The molecule has 1 heterocycles. The molecule has 1 aromatic carbocycles. The molecule has 1 atom stereocenters. The fourth-order valence-electron chi connectivity index (χ4n) is 2.25. The third-order valence-electron chi connectivity index (χ3n) is 3.34. The zero-order valence-corrected chi connectivity index (χ0v) is 12.5. The molecule has 108 valence electrons. The zero-order valence-electron chi connectivity index (χ0n) is 12.5. The third-order valence-corrected chi connectivity index (χ3v) is 3.34. The number of nitrogens with one attached hydrogen (secondary N) is 1. The maximum atomic E-state index is 5.82. The number of hydrogen-bond donors (Lipinski definition) is 1. The van der Waals surface area contributed by atoms with E-state index in [9.17, 15) is 0 Å². The second-order valence-corrected chi connectivity index (χ2v) is 4.91. The number of rotatable bonds is 7. The van der Waals surface area contributed by atoms with E-state index in [0.29, 0.717) is 6.61 Å². The first-order chi connectivity index (χ1) is 9.72. The Balaban J connectivity index is 1.95. The van der Waals surface area contributed by atoms with Crippen LogP contribution in [0, 0.1) is 6.92 Å². The summed E-state index contributed by atoms with van der Waals surface area (Å²) < 4.78 is 7.88. The normalized spacial score (nSPS) is 12.3. The number of ether oxygens (including phenoxy) is 1. The largest absolute Gasteiger partial charge is 0.492 e. The number of para-hydroxylation sites is 1. The molecule has 0 bridgehead atoms. The molecule has 1 N–H and O–H groups in total. The Morgan fingerprint density at radius 3 is 2.70 bits per heavy atom. The maximum Gasteiger partial charge on any atom is 0.119 e. The smallest absolute Gasteiger partial charge is 0.119 e. The Morgan fingerprint density at radius 1 is 1.30 bits per heavy atom. The minimum atomic E-state index is 0.275. The molecule has 0 fully saturated rings. The molecule has 1 aromatic heterocycles. The summed E-state index contributed by atoms with van der Waals surface area (Å²) in [5.74, 6) is 0.910. The van der Waals surface area contributed by atoms with Crippen LogP contribution in [0.5, 0.6) is 5.75 Å².